The van der Waals surface area contributed by atoms with Crippen LogP contribution in [-0.4, -0.2) is 29.2 Å². The van der Waals surface area contributed by atoms with Gasteiger partial charge in [0, 0.05) is 21.6 Å². The lowest BCUT2D eigenvalue weighted by Crippen LogP contribution is -2.20. The molecular formula is C21H20N2O3S2. The van der Waals surface area contributed by atoms with Crippen LogP contribution in [0.5, 0.6) is 0 Å². The van der Waals surface area contributed by atoms with Crippen LogP contribution in [0.4, 0.5) is 5.13 Å². The SMILES string of the molecule is Cc1ccc(-c2csc(NC(=O)COC(=O)CCSc3ccccc3)n2)cc1. The monoisotopic (exact) mass is 412 g/mol. The van der Waals surface area contributed by atoms with Gasteiger partial charge in [-0.2, -0.15) is 0 Å². The van der Waals surface area contributed by atoms with Crippen molar-refractivity contribution in [3.8, 4) is 11.3 Å². The summed E-state index contributed by atoms with van der Waals surface area (Å²) in [7, 11) is 0. The Kier molecular flexibility index (Phi) is 7.22. The molecule has 2 aromatic carbocycles. The van der Waals surface area contributed by atoms with Crippen molar-refractivity contribution in [2.24, 2.45) is 0 Å². The van der Waals surface area contributed by atoms with Gasteiger partial charge in [-0.05, 0) is 19.1 Å². The van der Waals surface area contributed by atoms with Crippen molar-refractivity contribution in [1.29, 1.82) is 0 Å². The summed E-state index contributed by atoms with van der Waals surface area (Å²) in [6.07, 6.45) is 0.252. The zero-order chi connectivity index (χ0) is 19.8. The van der Waals surface area contributed by atoms with Crippen LogP contribution >= 0.6 is 23.1 Å². The Balaban J connectivity index is 1.39. The molecule has 144 valence electrons. The van der Waals surface area contributed by atoms with Gasteiger partial charge in [-0.1, -0.05) is 48.0 Å². The third-order valence-electron chi connectivity index (χ3n) is 3.78. The summed E-state index contributed by atoms with van der Waals surface area (Å²) < 4.78 is 5.03. The number of hydrogen-bond donors (Lipinski definition) is 1. The second-order valence-corrected chi connectivity index (χ2v) is 8.05. The number of amides is 1. The van der Waals surface area contributed by atoms with Gasteiger partial charge in [0.2, 0.25) is 0 Å². The smallest absolute Gasteiger partial charge is 0.307 e. The first-order valence-corrected chi connectivity index (χ1v) is 10.6. The van der Waals surface area contributed by atoms with Crippen LogP contribution in [0.1, 0.15) is 12.0 Å². The Labute approximate surface area is 172 Å². The molecule has 3 rings (SSSR count). The molecular weight excluding hydrogens is 392 g/mol. The van der Waals surface area contributed by atoms with E-state index in [-0.39, 0.29) is 13.0 Å². The highest BCUT2D eigenvalue weighted by atomic mass is 32.2. The Hall–Kier alpha value is -2.64. The van der Waals surface area contributed by atoms with Gasteiger partial charge in [0.15, 0.2) is 11.7 Å². The number of nitrogens with zero attached hydrogens (tertiary/aromatic N) is 1. The van der Waals surface area contributed by atoms with Crippen LogP contribution in [0, 0.1) is 6.92 Å². The number of thioether (sulfide) groups is 1. The van der Waals surface area contributed by atoms with Crippen LogP contribution in [0.2, 0.25) is 0 Å². The van der Waals surface area contributed by atoms with Crippen molar-refractivity contribution in [3.63, 3.8) is 0 Å². The second kappa shape index (κ2) is 10.1. The predicted octanol–water partition coefficient (Wildman–Crippen LogP) is 4.78. The highest BCUT2D eigenvalue weighted by molar-refractivity contribution is 7.99. The quantitative estimate of drug-likeness (QED) is 0.426. The minimum atomic E-state index is -0.395. The summed E-state index contributed by atoms with van der Waals surface area (Å²) in [5.41, 5.74) is 2.97. The van der Waals surface area contributed by atoms with E-state index in [1.165, 1.54) is 16.9 Å². The normalized spacial score (nSPS) is 10.5. The van der Waals surface area contributed by atoms with Crippen molar-refractivity contribution < 1.29 is 14.3 Å². The van der Waals surface area contributed by atoms with E-state index in [4.69, 9.17) is 4.74 Å². The molecule has 0 saturated heterocycles. The van der Waals surface area contributed by atoms with E-state index < -0.39 is 11.9 Å². The lowest BCUT2D eigenvalue weighted by atomic mass is 10.1. The second-order valence-electron chi connectivity index (χ2n) is 6.02. The molecule has 1 aromatic heterocycles. The van der Waals surface area contributed by atoms with E-state index in [0.717, 1.165) is 16.2 Å². The number of thiazole rings is 1. The number of aromatic nitrogens is 1. The summed E-state index contributed by atoms with van der Waals surface area (Å²) in [5, 5.41) is 5.03. The van der Waals surface area contributed by atoms with Gasteiger partial charge < -0.3 is 4.74 Å². The third kappa shape index (κ3) is 6.21. The van der Waals surface area contributed by atoms with Gasteiger partial charge in [-0.3, -0.25) is 14.9 Å². The minimum Gasteiger partial charge on any atom is -0.456 e. The van der Waals surface area contributed by atoms with Crippen molar-refractivity contribution in [1.82, 2.24) is 4.98 Å². The maximum absolute atomic E-state index is 12.0. The lowest BCUT2D eigenvalue weighted by molar-refractivity contribution is -0.146. The molecule has 0 radical (unpaired) electrons. The van der Waals surface area contributed by atoms with Crippen molar-refractivity contribution in [3.05, 3.63) is 65.5 Å². The molecule has 1 amide bonds. The number of anilines is 1. The average molecular weight is 413 g/mol. The molecule has 1 heterocycles. The van der Waals surface area contributed by atoms with E-state index in [2.05, 4.69) is 10.3 Å². The molecule has 0 aliphatic rings. The molecule has 0 unspecified atom stereocenters. The van der Waals surface area contributed by atoms with Gasteiger partial charge in [0.25, 0.3) is 5.91 Å². The Bertz CT molecular complexity index is 924. The number of carbonyl (C=O) groups is 2. The number of aryl methyl sites for hydroxylation is 1. The van der Waals surface area contributed by atoms with Gasteiger partial charge in [-0.25, -0.2) is 4.98 Å². The molecule has 0 fully saturated rings. The molecule has 28 heavy (non-hydrogen) atoms. The number of ether oxygens (including phenoxy) is 1. The average Bonchev–Trinajstić information content (AvgIpc) is 3.16. The molecule has 5 nitrogen and oxygen atoms in total. The minimum absolute atomic E-state index is 0.252. The van der Waals surface area contributed by atoms with Crippen LogP contribution in [0.15, 0.2) is 64.9 Å². The first-order valence-electron chi connectivity index (χ1n) is 8.76. The number of esters is 1. The van der Waals surface area contributed by atoms with Crippen molar-refractivity contribution in [2.75, 3.05) is 17.7 Å². The first kappa shape index (κ1) is 20.1. The molecule has 1 N–H and O–H groups in total. The Morgan fingerprint density at radius 1 is 1.11 bits per heavy atom. The Morgan fingerprint density at radius 2 is 1.86 bits per heavy atom. The van der Waals surface area contributed by atoms with E-state index >= 15 is 0 Å². The zero-order valence-corrected chi connectivity index (χ0v) is 17.0. The highest BCUT2D eigenvalue weighted by Crippen LogP contribution is 2.25. The maximum Gasteiger partial charge on any atom is 0.307 e. The molecule has 0 saturated carbocycles. The van der Waals surface area contributed by atoms with Gasteiger partial charge in [0.05, 0.1) is 12.1 Å². The zero-order valence-electron chi connectivity index (χ0n) is 15.4. The molecule has 0 atom stereocenters. The number of benzene rings is 2. The fourth-order valence-electron chi connectivity index (χ4n) is 2.33. The van der Waals surface area contributed by atoms with Crippen molar-refractivity contribution >= 4 is 40.1 Å². The predicted molar refractivity (Wildman–Crippen MR) is 114 cm³/mol. The Morgan fingerprint density at radius 3 is 2.61 bits per heavy atom. The largest absolute Gasteiger partial charge is 0.456 e. The standard InChI is InChI=1S/C21H20N2O3S2/c1-15-7-9-16(10-8-15)18-14-28-21(22-18)23-19(24)13-26-20(25)11-12-27-17-5-3-2-4-6-17/h2-10,14H,11-13H2,1H3,(H,22,23,24). The summed E-state index contributed by atoms with van der Waals surface area (Å²) in [6, 6.07) is 17.8. The van der Waals surface area contributed by atoms with Gasteiger partial charge in [0.1, 0.15) is 0 Å². The summed E-state index contributed by atoms with van der Waals surface area (Å²) in [5.74, 6) is -0.177. The molecule has 0 aliphatic heterocycles. The molecule has 7 heteroatoms. The molecule has 3 aromatic rings. The summed E-state index contributed by atoms with van der Waals surface area (Å²) in [4.78, 5) is 29.3. The van der Waals surface area contributed by atoms with E-state index in [1.807, 2.05) is 66.9 Å². The fourth-order valence-corrected chi connectivity index (χ4v) is 3.92. The van der Waals surface area contributed by atoms with Crippen LogP contribution in [0.3, 0.4) is 0 Å². The summed E-state index contributed by atoms with van der Waals surface area (Å²) in [6.45, 7) is 1.71. The van der Waals surface area contributed by atoms with Gasteiger partial charge in [-0.15, -0.1) is 23.1 Å². The van der Waals surface area contributed by atoms with Crippen LogP contribution < -0.4 is 5.32 Å². The molecule has 0 bridgehead atoms. The van der Waals surface area contributed by atoms with E-state index in [1.54, 1.807) is 11.8 Å². The van der Waals surface area contributed by atoms with E-state index in [9.17, 15) is 9.59 Å². The topological polar surface area (TPSA) is 68.3 Å². The van der Waals surface area contributed by atoms with Crippen LogP contribution in [-0.2, 0) is 14.3 Å². The number of rotatable bonds is 8. The number of hydrogen-bond acceptors (Lipinski definition) is 6. The fraction of sp³-hybridized carbons (Fsp3) is 0.190. The molecule has 0 aliphatic carbocycles. The molecule has 0 spiro atoms. The van der Waals surface area contributed by atoms with Crippen LogP contribution in [0.25, 0.3) is 11.3 Å². The summed E-state index contributed by atoms with van der Waals surface area (Å²) >= 11 is 2.91. The van der Waals surface area contributed by atoms with Crippen molar-refractivity contribution in [2.45, 2.75) is 18.2 Å². The van der Waals surface area contributed by atoms with E-state index in [0.29, 0.717) is 10.9 Å². The lowest BCUT2D eigenvalue weighted by Gasteiger charge is -2.05. The number of nitrogens with one attached hydrogen (secondary N) is 1. The number of carbonyl (C=O) groups excluding carboxylic acids is 2. The third-order valence-corrected chi connectivity index (χ3v) is 5.55. The first-order chi connectivity index (χ1) is 13.6. The maximum atomic E-state index is 12.0. The highest BCUT2D eigenvalue weighted by Gasteiger charge is 2.11. The van der Waals surface area contributed by atoms with Gasteiger partial charge >= 0.3 is 5.97 Å².